The average Bonchev–Trinajstić information content (AvgIpc) is 2.72. The van der Waals surface area contributed by atoms with Crippen molar-refractivity contribution in [3.63, 3.8) is 0 Å². The van der Waals surface area contributed by atoms with Crippen LogP contribution in [0.4, 0.5) is 0 Å². The molecule has 8 heteroatoms. The van der Waals surface area contributed by atoms with Crippen molar-refractivity contribution in [1.82, 2.24) is 10.2 Å². The van der Waals surface area contributed by atoms with Gasteiger partial charge in [-0.25, -0.2) is 0 Å². The van der Waals surface area contributed by atoms with E-state index in [1.54, 1.807) is 25.1 Å². The van der Waals surface area contributed by atoms with Gasteiger partial charge in [-0.1, -0.05) is 64.6 Å². The third-order valence-electron chi connectivity index (χ3n) is 4.51. The number of amides is 2. The Morgan fingerprint density at radius 2 is 1.87 bits per heavy atom. The number of rotatable bonds is 10. The van der Waals surface area contributed by atoms with Gasteiger partial charge in [0, 0.05) is 22.6 Å². The van der Waals surface area contributed by atoms with Gasteiger partial charge in [0.2, 0.25) is 5.91 Å². The minimum atomic E-state index is -0.651. The lowest BCUT2D eigenvalue weighted by Crippen LogP contribution is -2.49. The molecule has 0 heterocycles. The van der Waals surface area contributed by atoms with E-state index in [1.807, 2.05) is 24.3 Å². The highest BCUT2D eigenvalue weighted by Crippen LogP contribution is 2.27. The van der Waals surface area contributed by atoms with Crippen LogP contribution in [0.15, 0.2) is 46.9 Å². The fraction of sp³-hybridized carbons (Fsp3) is 0.364. The van der Waals surface area contributed by atoms with Gasteiger partial charge in [0.1, 0.15) is 11.8 Å². The van der Waals surface area contributed by atoms with Crippen LogP contribution in [-0.4, -0.2) is 35.9 Å². The van der Waals surface area contributed by atoms with E-state index in [1.165, 1.54) is 4.90 Å². The number of hydrogen-bond donors (Lipinski definition) is 1. The molecule has 2 aromatic carbocycles. The number of nitrogens with zero attached hydrogens (tertiary/aromatic N) is 1. The number of carbonyl (C=O) groups is 2. The van der Waals surface area contributed by atoms with Gasteiger partial charge in [-0.3, -0.25) is 9.59 Å². The van der Waals surface area contributed by atoms with Crippen LogP contribution in [0.1, 0.15) is 32.3 Å². The van der Waals surface area contributed by atoms with Crippen molar-refractivity contribution in [1.29, 1.82) is 0 Å². The normalized spacial score (nSPS) is 11.6. The largest absolute Gasteiger partial charge is 0.482 e. The van der Waals surface area contributed by atoms with E-state index < -0.39 is 6.04 Å². The molecule has 0 saturated heterocycles. The van der Waals surface area contributed by atoms with Crippen LogP contribution >= 0.6 is 39.1 Å². The van der Waals surface area contributed by atoms with Crippen LogP contribution in [0.5, 0.6) is 5.75 Å². The minimum Gasteiger partial charge on any atom is -0.482 e. The Morgan fingerprint density at radius 1 is 1.17 bits per heavy atom. The summed E-state index contributed by atoms with van der Waals surface area (Å²) in [6.07, 6.45) is 1.86. The van der Waals surface area contributed by atoms with Gasteiger partial charge in [0.25, 0.3) is 5.91 Å². The minimum absolute atomic E-state index is 0.196. The predicted octanol–water partition coefficient (Wildman–Crippen LogP) is 5.47. The Hall–Kier alpha value is -1.76. The maximum absolute atomic E-state index is 13.0. The lowest BCUT2D eigenvalue weighted by molar-refractivity contribution is -0.142. The van der Waals surface area contributed by atoms with Gasteiger partial charge in [-0.2, -0.15) is 0 Å². The smallest absolute Gasteiger partial charge is 0.261 e. The molecule has 1 N–H and O–H groups in total. The second-order valence-electron chi connectivity index (χ2n) is 6.83. The van der Waals surface area contributed by atoms with Gasteiger partial charge in [0.05, 0.1) is 5.02 Å². The molecule has 2 amide bonds. The molecule has 0 radical (unpaired) electrons. The van der Waals surface area contributed by atoms with Gasteiger partial charge in [-0.05, 0) is 49.2 Å². The fourth-order valence-electron chi connectivity index (χ4n) is 2.72. The number of carbonyl (C=O) groups excluding carboxylic acids is 2. The monoisotopic (exact) mass is 514 g/mol. The van der Waals surface area contributed by atoms with Crippen LogP contribution in [0.25, 0.3) is 0 Å². The third kappa shape index (κ3) is 7.49. The summed E-state index contributed by atoms with van der Waals surface area (Å²) in [6, 6.07) is 11.7. The molecule has 0 aromatic heterocycles. The molecule has 0 bridgehead atoms. The van der Waals surface area contributed by atoms with Crippen molar-refractivity contribution in [2.75, 3.05) is 13.2 Å². The zero-order valence-corrected chi connectivity index (χ0v) is 20.1. The molecule has 0 aliphatic carbocycles. The molecule has 0 aliphatic rings. The molecular weight excluding hydrogens is 491 g/mol. The summed E-state index contributed by atoms with van der Waals surface area (Å²) in [4.78, 5) is 27.1. The fourth-order valence-corrected chi connectivity index (χ4v) is 3.45. The van der Waals surface area contributed by atoms with Crippen molar-refractivity contribution in [3.8, 4) is 5.75 Å². The van der Waals surface area contributed by atoms with E-state index in [4.69, 9.17) is 27.9 Å². The SMILES string of the molecule is CCCCNC(=O)C(C)N(Cc1ccc(Br)cc1)C(=O)COc1ccc(Cl)cc1Cl. The number of benzene rings is 2. The molecule has 2 aromatic rings. The highest BCUT2D eigenvalue weighted by molar-refractivity contribution is 9.10. The first-order valence-electron chi connectivity index (χ1n) is 9.71. The molecule has 1 unspecified atom stereocenters. The first-order chi connectivity index (χ1) is 14.3. The molecule has 0 spiro atoms. The van der Waals surface area contributed by atoms with Crippen LogP contribution < -0.4 is 10.1 Å². The molecule has 0 aliphatic heterocycles. The molecule has 5 nitrogen and oxygen atoms in total. The number of unbranched alkanes of at least 4 members (excludes halogenated alkanes) is 1. The van der Waals surface area contributed by atoms with E-state index in [9.17, 15) is 9.59 Å². The van der Waals surface area contributed by atoms with Crippen molar-refractivity contribution >= 4 is 50.9 Å². The van der Waals surface area contributed by atoms with Gasteiger partial charge in [-0.15, -0.1) is 0 Å². The van der Waals surface area contributed by atoms with E-state index in [2.05, 4.69) is 28.2 Å². The summed E-state index contributed by atoms with van der Waals surface area (Å²) >= 11 is 15.4. The molecule has 162 valence electrons. The molecule has 0 saturated carbocycles. The third-order valence-corrected chi connectivity index (χ3v) is 5.57. The number of ether oxygens (including phenoxy) is 1. The van der Waals surface area contributed by atoms with E-state index in [-0.39, 0.29) is 25.0 Å². The van der Waals surface area contributed by atoms with Crippen LogP contribution in [-0.2, 0) is 16.1 Å². The first-order valence-corrected chi connectivity index (χ1v) is 11.3. The van der Waals surface area contributed by atoms with Crippen molar-refractivity contribution in [2.45, 2.75) is 39.3 Å². The zero-order chi connectivity index (χ0) is 22.1. The highest BCUT2D eigenvalue weighted by Gasteiger charge is 2.26. The molecule has 30 heavy (non-hydrogen) atoms. The van der Waals surface area contributed by atoms with Gasteiger partial charge in [0.15, 0.2) is 6.61 Å². The highest BCUT2D eigenvalue weighted by atomic mass is 79.9. The summed E-state index contributed by atoms with van der Waals surface area (Å²) in [5.41, 5.74) is 0.907. The Morgan fingerprint density at radius 3 is 2.50 bits per heavy atom. The lowest BCUT2D eigenvalue weighted by Gasteiger charge is -2.29. The molecule has 0 fully saturated rings. The van der Waals surface area contributed by atoms with E-state index in [0.717, 1.165) is 22.9 Å². The predicted molar refractivity (Wildman–Crippen MR) is 124 cm³/mol. The van der Waals surface area contributed by atoms with E-state index >= 15 is 0 Å². The summed E-state index contributed by atoms with van der Waals surface area (Å²) in [7, 11) is 0. The molecule has 1 atom stereocenters. The van der Waals surface area contributed by atoms with E-state index in [0.29, 0.717) is 22.3 Å². The van der Waals surface area contributed by atoms with Crippen molar-refractivity contribution < 1.29 is 14.3 Å². The Bertz CT molecular complexity index is 862. The van der Waals surface area contributed by atoms with Gasteiger partial charge >= 0.3 is 0 Å². The second kappa shape index (κ2) is 12.2. The number of hydrogen-bond acceptors (Lipinski definition) is 3. The first kappa shape index (κ1) is 24.5. The summed E-state index contributed by atoms with van der Waals surface area (Å²) < 4.78 is 6.54. The Labute approximate surface area is 195 Å². The average molecular weight is 516 g/mol. The van der Waals surface area contributed by atoms with Crippen LogP contribution in [0, 0.1) is 0 Å². The molecule has 2 rings (SSSR count). The molecular formula is C22H25BrCl2N2O3. The van der Waals surface area contributed by atoms with Crippen molar-refractivity contribution in [2.24, 2.45) is 0 Å². The summed E-state index contributed by atoms with van der Waals surface area (Å²) in [6.45, 7) is 4.39. The second-order valence-corrected chi connectivity index (χ2v) is 8.59. The topological polar surface area (TPSA) is 58.6 Å². The Kier molecular flexibility index (Phi) is 9.95. The lowest BCUT2D eigenvalue weighted by atomic mass is 10.1. The quantitative estimate of drug-likeness (QED) is 0.427. The zero-order valence-electron chi connectivity index (χ0n) is 17.0. The summed E-state index contributed by atoms with van der Waals surface area (Å²) in [5, 5.41) is 3.68. The van der Waals surface area contributed by atoms with Crippen LogP contribution in [0.2, 0.25) is 10.0 Å². The Balaban J connectivity index is 2.12. The van der Waals surface area contributed by atoms with Gasteiger partial charge < -0.3 is 15.0 Å². The standard InChI is InChI=1S/C22H25BrCl2N2O3/c1-3-4-11-26-22(29)15(2)27(13-16-5-7-17(23)8-6-16)21(28)14-30-20-10-9-18(24)12-19(20)25/h5-10,12,15H,3-4,11,13-14H2,1-2H3,(H,26,29). The summed E-state index contributed by atoms with van der Waals surface area (Å²) in [5.74, 6) is -0.154. The maximum Gasteiger partial charge on any atom is 0.261 e. The van der Waals surface area contributed by atoms with Crippen molar-refractivity contribution in [3.05, 3.63) is 62.5 Å². The maximum atomic E-state index is 13.0. The number of nitrogens with one attached hydrogen (secondary N) is 1. The number of halogens is 3. The van der Waals surface area contributed by atoms with Crippen LogP contribution in [0.3, 0.4) is 0 Å².